The Hall–Kier alpha value is -1.06. The average molecular weight is 483 g/mol. The van der Waals surface area contributed by atoms with E-state index < -0.39 is 0 Å². The summed E-state index contributed by atoms with van der Waals surface area (Å²) in [5, 5.41) is 0. The maximum absolute atomic E-state index is 12.0. The van der Waals surface area contributed by atoms with Gasteiger partial charge in [0.05, 0.1) is 13.2 Å². The van der Waals surface area contributed by atoms with Gasteiger partial charge in [-0.1, -0.05) is 118 Å². The number of unbranched alkanes of at least 4 members (excludes halogenated alkanes) is 11. The van der Waals surface area contributed by atoms with Crippen molar-refractivity contribution in [1.82, 2.24) is 0 Å². The number of ether oxygens (including phenoxy) is 2. The number of rotatable bonds is 25. The van der Waals surface area contributed by atoms with Gasteiger partial charge in [0.2, 0.25) is 0 Å². The molecule has 0 aliphatic carbocycles. The van der Waals surface area contributed by atoms with E-state index >= 15 is 0 Å². The lowest BCUT2D eigenvalue weighted by Crippen LogP contribution is -2.13. The zero-order valence-corrected chi connectivity index (χ0v) is 23.3. The number of carbonyl (C=O) groups is 2. The van der Waals surface area contributed by atoms with Crippen LogP contribution in [-0.4, -0.2) is 25.2 Å². The van der Waals surface area contributed by atoms with Crippen LogP contribution in [0.4, 0.5) is 0 Å². The van der Waals surface area contributed by atoms with E-state index in [0.717, 1.165) is 38.5 Å². The minimum Gasteiger partial charge on any atom is -0.465 e. The van der Waals surface area contributed by atoms with Gasteiger partial charge in [-0.3, -0.25) is 9.59 Å². The maximum atomic E-state index is 12.0. The highest BCUT2D eigenvalue weighted by Crippen LogP contribution is 2.16. The molecule has 0 amide bonds. The van der Waals surface area contributed by atoms with E-state index in [0.29, 0.717) is 37.9 Å². The van der Waals surface area contributed by atoms with Crippen molar-refractivity contribution in [1.29, 1.82) is 0 Å². The van der Waals surface area contributed by atoms with Gasteiger partial charge >= 0.3 is 11.9 Å². The molecule has 202 valence electrons. The Morgan fingerprint density at radius 3 is 1.18 bits per heavy atom. The summed E-state index contributed by atoms with van der Waals surface area (Å²) in [6, 6.07) is 0. The molecule has 0 saturated carbocycles. The summed E-state index contributed by atoms with van der Waals surface area (Å²) in [6.07, 6.45) is 22.1. The van der Waals surface area contributed by atoms with E-state index in [1.54, 1.807) is 0 Å². The van der Waals surface area contributed by atoms with Crippen molar-refractivity contribution in [2.75, 3.05) is 13.2 Å². The lowest BCUT2D eigenvalue weighted by atomic mass is 10.00. The molecule has 0 N–H and O–H groups in total. The van der Waals surface area contributed by atoms with E-state index in [1.807, 2.05) is 0 Å². The molecule has 34 heavy (non-hydrogen) atoms. The Balaban J connectivity index is 3.52. The van der Waals surface area contributed by atoms with Crippen LogP contribution in [0.5, 0.6) is 0 Å². The molecule has 0 heterocycles. The highest BCUT2D eigenvalue weighted by atomic mass is 16.5. The third-order valence-electron chi connectivity index (χ3n) is 7.06. The highest BCUT2D eigenvalue weighted by Gasteiger charge is 2.11. The van der Waals surface area contributed by atoms with Crippen LogP contribution in [0.2, 0.25) is 0 Å². The molecule has 0 saturated heterocycles. The first-order chi connectivity index (χ1) is 16.6. The van der Waals surface area contributed by atoms with Crippen molar-refractivity contribution in [3.8, 4) is 0 Å². The van der Waals surface area contributed by atoms with E-state index in [1.165, 1.54) is 77.0 Å². The molecule has 2 atom stereocenters. The van der Waals surface area contributed by atoms with Crippen molar-refractivity contribution >= 4 is 11.9 Å². The van der Waals surface area contributed by atoms with Crippen LogP contribution in [0, 0.1) is 11.8 Å². The summed E-state index contributed by atoms with van der Waals surface area (Å²) in [6.45, 7) is 10.0. The minimum atomic E-state index is -0.0213. The van der Waals surface area contributed by atoms with Crippen LogP contribution in [0.3, 0.4) is 0 Å². The fraction of sp³-hybridized carbons (Fsp3) is 0.933. The first-order valence-electron chi connectivity index (χ1n) is 14.9. The fourth-order valence-corrected chi connectivity index (χ4v) is 4.34. The highest BCUT2D eigenvalue weighted by molar-refractivity contribution is 5.69. The van der Waals surface area contributed by atoms with E-state index in [2.05, 4.69) is 27.7 Å². The quantitative estimate of drug-likeness (QED) is 0.0961. The average Bonchev–Trinajstić information content (AvgIpc) is 2.84. The van der Waals surface area contributed by atoms with Crippen molar-refractivity contribution < 1.29 is 19.1 Å². The maximum Gasteiger partial charge on any atom is 0.305 e. The molecule has 0 rings (SSSR count). The van der Waals surface area contributed by atoms with Gasteiger partial charge in [0, 0.05) is 12.8 Å². The van der Waals surface area contributed by atoms with Gasteiger partial charge in [-0.25, -0.2) is 0 Å². The molecule has 0 fully saturated rings. The molecule has 0 bridgehead atoms. The molecular formula is C30H58O4. The Bertz CT molecular complexity index is 421. The number of hydrogen-bond acceptors (Lipinski definition) is 4. The molecule has 4 heteroatoms. The summed E-state index contributed by atoms with van der Waals surface area (Å²) < 4.78 is 11.0. The van der Waals surface area contributed by atoms with Gasteiger partial charge < -0.3 is 9.47 Å². The number of hydrogen-bond donors (Lipinski definition) is 0. The second-order valence-corrected chi connectivity index (χ2v) is 10.2. The van der Waals surface area contributed by atoms with Crippen LogP contribution in [0.15, 0.2) is 0 Å². The van der Waals surface area contributed by atoms with Crippen LogP contribution in [0.25, 0.3) is 0 Å². The van der Waals surface area contributed by atoms with Gasteiger partial charge in [0.15, 0.2) is 0 Å². The third-order valence-corrected chi connectivity index (χ3v) is 7.06. The van der Waals surface area contributed by atoms with Gasteiger partial charge in [-0.2, -0.15) is 0 Å². The summed E-state index contributed by atoms with van der Waals surface area (Å²) in [5.74, 6) is 1.02. The predicted octanol–water partition coefficient (Wildman–Crippen LogP) is 9.19. The molecule has 0 aliphatic heterocycles. The molecule has 0 radical (unpaired) electrons. The van der Waals surface area contributed by atoms with E-state index in [9.17, 15) is 9.59 Å². The second kappa shape index (κ2) is 25.0. The lowest BCUT2D eigenvalue weighted by Gasteiger charge is -2.15. The molecule has 0 aromatic rings. The Labute approximate surface area is 212 Å². The first-order valence-corrected chi connectivity index (χ1v) is 14.9. The topological polar surface area (TPSA) is 52.6 Å². The first kappa shape index (κ1) is 32.9. The van der Waals surface area contributed by atoms with Crippen LogP contribution in [-0.2, 0) is 19.1 Å². The van der Waals surface area contributed by atoms with Crippen molar-refractivity contribution in [3.05, 3.63) is 0 Å². The van der Waals surface area contributed by atoms with Gasteiger partial charge in [0.25, 0.3) is 0 Å². The Morgan fingerprint density at radius 1 is 0.500 bits per heavy atom. The van der Waals surface area contributed by atoms with Crippen molar-refractivity contribution in [3.63, 3.8) is 0 Å². The number of carbonyl (C=O) groups excluding carboxylic acids is 2. The van der Waals surface area contributed by atoms with Crippen molar-refractivity contribution in [2.45, 2.75) is 156 Å². The van der Waals surface area contributed by atoms with Crippen LogP contribution in [0.1, 0.15) is 156 Å². The molecule has 2 unspecified atom stereocenters. The Morgan fingerprint density at radius 2 is 0.853 bits per heavy atom. The zero-order valence-electron chi connectivity index (χ0n) is 23.3. The Kier molecular flexibility index (Phi) is 24.3. The SMILES string of the molecule is CCCCCC(CC)COC(=O)CCCCCCCCCCC(=O)OCC(CC)CCCCC. The smallest absolute Gasteiger partial charge is 0.305 e. The molecule has 0 aromatic carbocycles. The van der Waals surface area contributed by atoms with Gasteiger partial charge in [-0.05, 0) is 37.5 Å². The molecule has 4 nitrogen and oxygen atoms in total. The molecular weight excluding hydrogens is 424 g/mol. The second-order valence-electron chi connectivity index (χ2n) is 10.2. The van der Waals surface area contributed by atoms with Crippen LogP contribution >= 0.6 is 0 Å². The summed E-state index contributed by atoms with van der Waals surface area (Å²) in [5.41, 5.74) is 0. The number of esters is 2. The molecule has 0 aliphatic rings. The van der Waals surface area contributed by atoms with Crippen LogP contribution < -0.4 is 0 Å². The summed E-state index contributed by atoms with van der Waals surface area (Å²) in [7, 11) is 0. The largest absolute Gasteiger partial charge is 0.465 e. The van der Waals surface area contributed by atoms with Crippen molar-refractivity contribution in [2.24, 2.45) is 11.8 Å². The monoisotopic (exact) mass is 482 g/mol. The molecule has 0 spiro atoms. The van der Waals surface area contributed by atoms with E-state index in [4.69, 9.17) is 9.47 Å². The molecule has 0 aromatic heterocycles. The minimum absolute atomic E-state index is 0.0213. The predicted molar refractivity (Wildman–Crippen MR) is 144 cm³/mol. The zero-order chi connectivity index (χ0) is 25.3. The van der Waals surface area contributed by atoms with Gasteiger partial charge in [0.1, 0.15) is 0 Å². The lowest BCUT2D eigenvalue weighted by molar-refractivity contribution is -0.146. The normalized spacial score (nSPS) is 12.9. The summed E-state index contributed by atoms with van der Waals surface area (Å²) in [4.78, 5) is 23.9. The standard InChI is InChI=1S/C30H58O4/c1-5-9-17-21-27(7-3)25-33-29(31)23-19-15-13-11-12-14-16-20-24-30(32)34-26-28(8-4)22-18-10-6-2/h27-28H,5-26H2,1-4H3. The summed E-state index contributed by atoms with van der Waals surface area (Å²) >= 11 is 0. The fourth-order valence-electron chi connectivity index (χ4n) is 4.34. The third kappa shape index (κ3) is 21.5. The van der Waals surface area contributed by atoms with E-state index in [-0.39, 0.29) is 11.9 Å². The van der Waals surface area contributed by atoms with Gasteiger partial charge in [-0.15, -0.1) is 0 Å².